The van der Waals surface area contributed by atoms with E-state index in [1.165, 1.54) is 38.3 Å². The van der Waals surface area contributed by atoms with Crippen LogP contribution in [0.15, 0.2) is 35.7 Å². The molecule has 108 valence electrons. The summed E-state index contributed by atoms with van der Waals surface area (Å²) < 4.78 is 1.31. The lowest BCUT2D eigenvalue weighted by atomic mass is 10.1. The summed E-state index contributed by atoms with van der Waals surface area (Å²) in [4.78, 5) is 2.62. The second-order valence-corrected chi connectivity index (χ2v) is 8.56. The van der Waals surface area contributed by atoms with Crippen molar-refractivity contribution in [3.05, 3.63) is 56.6 Å². The third-order valence-electron chi connectivity index (χ3n) is 3.95. The van der Waals surface area contributed by atoms with Crippen molar-refractivity contribution in [1.29, 1.82) is 0 Å². The fraction of sp³-hybridized carbons (Fsp3) is 0.294. The molecule has 1 aromatic carbocycles. The van der Waals surface area contributed by atoms with Gasteiger partial charge in [0.2, 0.25) is 0 Å². The van der Waals surface area contributed by atoms with Crippen molar-refractivity contribution in [3.8, 4) is 0 Å². The van der Waals surface area contributed by atoms with E-state index in [1.54, 1.807) is 11.3 Å². The predicted molar refractivity (Wildman–Crippen MR) is 94.7 cm³/mol. The average Bonchev–Trinajstić information content (AvgIpc) is 3.11. The number of aliphatic hydroxyl groups excluding tert-OH is 1. The number of hydrogen-bond acceptors (Lipinski definition) is 4. The van der Waals surface area contributed by atoms with E-state index in [1.807, 2.05) is 23.1 Å². The van der Waals surface area contributed by atoms with E-state index in [9.17, 15) is 5.11 Å². The number of fused-ring (bicyclic) bond motifs is 2. The molecule has 0 aliphatic carbocycles. The maximum Gasteiger partial charge on any atom is 0.0922 e. The van der Waals surface area contributed by atoms with Crippen molar-refractivity contribution in [2.24, 2.45) is 0 Å². The summed E-state index contributed by atoms with van der Waals surface area (Å²) in [7, 11) is 0. The average molecular weight is 333 g/mol. The summed E-state index contributed by atoms with van der Waals surface area (Å²) in [5, 5.41) is 14.1. The van der Waals surface area contributed by atoms with Crippen LogP contribution in [0.1, 0.15) is 27.0 Å². The highest BCUT2D eigenvalue weighted by Crippen LogP contribution is 2.36. The van der Waals surface area contributed by atoms with Crippen molar-refractivity contribution in [3.63, 3.8) is 0 Å². The maximum absolute atomic E-state index is 10.6. The molecule has 1 unspecified atom stereocenters. The fourth-order valence-corrected chi connectivity index (χ4v) is 6.17. The van der Waals surface area contributed by atoms with E-state index < -0.39 is 0 Å². The van der Waals surface area contributed by atoms with Gasteiger partial charge >= 0.3 is 0 Å². The lowest BCUT2D eigenvalue weighted by Crippen LogP contribution is -1.98. The van der Waals surface area contributed by atoms with Crippen LogP contribution in [0.3, 0.4) is 0 Å². The molecular formula is C17H16OS3. The van der Waals surface area contributed by atoms with Gasteiger partial charge in [0.05, 0.1) is 6.10 Å². The third-order valence-corrected chi connectivity index (χ3v) is 7.31. The molecule has 4 rings (SSSR count). The standard InChI is InChI=1S/C17H16OS3/c18-14(17-8-12-9-19-6-5-15(12)21-17)7-11-10-20-16-4-2-1-3-13(11)16/h1-4,8,10,14,18H,5-7,9H2. The van der Waals surface area contributed by atoms with Gasteiger partial charge < -0.3 is 5.11 Å². The topological polar surface area (TPSA) is 20.2 Å². The normalized spacial score (nSPS) is 16.0. The van der Waals surface area contributed by atoms with Crippen LogP contribution in [0.25, 0.3) is 10.1 Å². The Morgan fingerprint density at radius 1 is 1.24 bits per heavy atom. The molecule has 3 aromatic rings. The van der Waals surface area contributed by atoms with E-state index in [4.69, 9.17) is 0 Å². The van der Waals surface area contributed by atoms with Crippen LogP contribution in [-0.4, -0.2) is 10.9 Å². The minimum atomic E-state index is -0.372. The van der Waals surface area contributed by atoms with Gasteiger partial charge in [-0.1, -0.05) is 18.2 Å². The zero-order valence-electron chi connectivity index (χ0n) is 11.5. The van der Waals surface area contributed by atoms with Gasteiger partial charge in [-0.15, -0.1) is 22.7 Å². The first-order chi connectivity index (χ1) is 10.3. The van der Waals surface area contributed by atoms with E-state index in [2.05, 4.69) is 35.7 Å². The Kier molecular flexibility index (Phi) is 3.79. The minimum Gasteiger partial charge on any atom is -0.387 e. The first-order valence-electron chi connectivity index (χ1n) is 7.13. The van der Waals surface area contributed by atoms with Crippen LogP contribution in [0.2, 0.25) is 0 Å². The van der Waals surface area contributed by atoms with Crippen LogP contribution >= 0.6 is 34.4 Å². The highest BCUT2D eigenvalue weighted by molar-refractivity contribution is 7.98. The summed E-state index contributed by atoms with van der Waals surface area (Å²) >= 11 is 5.57. The van der Waals surface area contributed by atoms with Crippen molar-refractivity contribution in [2.75, 3.05) is 5.75 Å². The Balaban J connectivity index is 1.60. The number of rotatable bonds is 3. The van der Waals surface area contributed by atoms with Gasteiger partial charge in [0.25, 0.3) is 0 Å². The van der Waals surface area contributed by atoms with E-state index in [0.29, 0.717) is 0 Å². The van der Waals surface area contributed by atoms with Crippen LogP contribution in [0, 0.1) is 0 Å². The highest BCUT2D eigenvalue weighted by atomic mass is 32.2. The quantitative estimate of drug-likeness (QED) is 0.726. The summed E-state index contributed by atoms with van der Waals surface area (Å²) in [5.41, 5.74) is 2.71. The molecule has 1 aliphatic heterocycles. The Labute approximate surface area is 136 Å². The molecule has 1 aliphatic rings. The molecule has 1 atom stereocenters. The molecule has 0 amide bonds. The first-order valence-corrected chi connectivity index (χ1v) is 9.99. The Bertz CT molecular complexity index is 748. The molecule has 0 saturated carbocycles. The van der Waals surface area contributed by atoms with E-state index >= 15 is 0 Å². The highest BCUT2D eigenvalue weighted by Gasteiger charge is 2.19. The first kappa shape index (κ1) is 13.8. The van der Waals surface area contributed by atoms with Gasteiger partial charge in [-0.2, -0.15) is 11.8 Å². The van der Waals surface area contributed by atoms with Crippen molar-refractivity contribution in [1.82, 2.24) is 0 Å². The minimum absolute atomic E-state index is 0.372. The number of thioether (sulfide) groups is 1. The monoisotopic (exact) mass is 332 g/mol. The number of benzene rings is 1. The lowest BCUT2D eigenvalue weighted by Gasteiger charge is -2.08. The molecule has 3 heterocycles. The zero-order chi connectivity index (χ0) is 14.2. The smallest absolute Gasteiger partial charge is 0.0922 e. The number of aliphatic hydroxyl groups is 1. The molecule has 0 radical (unpaired) electrons. The second-order valence-electron chi connectivity index (χ2n) is 5.38. The summed E-state index contributed by atoms with van der Waals surface area (Å²) in [6.45, 7) is 0. The third kappa shape index (κ3) is 2.66. The van der Waals surface area contributed by atoms with Crippen molar-refractivity contribution < 1.29 is 5.11 Å². The van der Waals surface area contributed by atoms with Crippen LogP contribution in [0.5, 0.6) is 0 Å². The molecule has 4 heteroatoms. The van der Waals surface area contributed by atoms with Gasteiger partial charge in [-0.05, 0) is 46.2 Å². The fourth-order valence-electron chi connectivity index (χ4n) is 2.83. The molecule has 0 fully saturated rings. The van der Waals surface area contributed by atoms with E-state index in [-0.39, 0.29) is 6.10 Å². The van der Waals surface area contributed by atoms with Gasteiger partial charge in [0, 0.05) is 26.6 Å². The SMILES string of the molecule is OC(Cc1csc2ccccc12)c1cc2c(s1)CCSC2. The second kappa shape index (κ2) is 5.76. The maximum atomic E-state index is 10.6. The van der Waals surface area contributed by atoms with Gasteiger partial charge in [0.1, 0.15) is 0 Å². The zero-order valence-corrected chi connectivity index (χ0v) is 14.0. The summed E-state index contributed by atoms with van der Waals surface area (Å²) in [6, 6.07) is 10.7. The molecule has 1 nitrogen and oxygen atoms in total. The number of thiophene rings is 2. The van der Waals surface area contributed by atoms with Crippen LogP contribution in [0.4, 0.5) is 0 Å². The molecule has 0 saturated heterocycles. The van der Waals surface area contributed by atoms with Crippen LogP contribution < -0.4 is 0 Å². The number of hydrogen-bond donors (Lipinski definition) is 1. The lowest BCUT2D eigenvalue weighted by molar-refractivity contribution is 0.183. The van der Waals surface area contributed by atoms with Crippen LogP contribution in [-0.2, 0) is 18.6 Å². The summed E-state index contributed by atoms with van der Waals surface area (Å²) in [5.74, 6) is 2.33. The Hall–Kier alpha value is -0.810. The summed E-state index contributed by atoms with van der Waals surface area (Å²) in [6.07, 6.45) is 1.51. The van der Waals surface area contributed by atoms with Crippen molar-refractivity contribution >= 4 is 44.5 Å². The molecule has 0 bridgehead atoms. The van der Waals surface area contributed by atoms with Gasteiger partial charge in [-0.3, -0.25) is 0 Å². The van der Waals surface area contributed by atoms with Gasteiger partial charge in [-0.25, -0.2) is 0 Å². The van der Waals surface area contributed by atoms with E-state index in [0.717, 1.165) is 17.1 Å². The van der Waals surface area contributed by atoms with Gasteiger partial charge in [0.15, 0.2) is 0 Å². The Morgan fingerprint density at radius 2 is 2.14 bits per heavy atom. The molecule has 2 aromatic heterocycles. The molecule has 0 spiro atoms. The Morgan fingerprint density at radius 3 is 3.05 bits per heavy atom. The predicted octanol–water partition coefficient (Wildman–Crippen LogP) is 5.03. The molecular weight excluding hydrogens is 316 g/mol. The molecule has 21 heavy (non-hydrogen) atoms. The largest absolute Gasteiger partial charge is 0.387 e. The molecule has 1 N–H and O–H groups in total. The van der Waals surface area contributed by atoms with Crippen molar-refractivity contribution in [2.45, 2.75) is 24.7 Å². The number of aryl methyl sites for hydroxylation is 1.